The summed E-state index contributed by atoms with van der Waals surface area (Å²) in [5.41, 5.74) is 0.811. The summed E-state index contributed by atoms with van der Waals surface area (Å²) < 4.78 is 0. The first kappa shape index (κ1) is 26.1. The molecule has 0 saturated carbocycles. The van der Waals surface area contributed by atoms with Gasteiger partial charge in [0.25, 0.3) is 0 Å². The number of terminal acetylenes is 1. The Bertz CT molecular complexity index is 865. The van der Waals surface area contributed by atoms with Crippen molar-refractivity contribution < 1.29 is 19.8 Å². The lowest BCUT2D eigenvalue weighted by Crippen LogP contribution is -2.58. The molecule has 8 heteroatoms. The van der Waals surface area contributed by atoms with E-state index in [1.165, 1.54) is 4.90 Å². The quantitative estimate of drug-likeness (QED) is 0.417. The highest BCUT2D eigenvalue weighted by Gasteiger charge is 2.45. The Balaban J connectivity index is 2.17. The summed E-state index contributed by atoms with van der Waals surface area (Å²) in [5.74, 6) is 1.90. The Hall–Kier alpha value is -2.11. The van der Waals surface area contributed by atoms with Crippen molar-refractivity contribution in [3.8, 4) is 12.3 Å². The van der Waals surface area contributed by atoms with E-state index in [-0.39, 0.29) is 44.0 Å². The van der Waals surface area contributed by atoms with Crippen LogP contribution in [0.1, 0.15) is 51.7 Å². The minimum atomic E-state index is -0.789. The van der Waals surface area contributed by atoms with Gasteiger partial charge in [-0.25, -0.2) is 0 Å². The molecule has 7 nitrogen and oxygen atoms in total. The first-order chi connectivity index (χ1) is 15.0. The topological polar surface area (TPSA) is 102 Å². The van der Waals surface area contributed by atoms with Gasteiger partial charge < -0.3 is 25.7 Å². The van der Waals surface area contributed by atoms with Crippen LogP contribution in [-0.4, -0.2) is 64.3 Å². The average molecular weight is 464 g/mol. The van der Waals surface area contributed by atoms with Crippen LogP contribution in [0.3, 0.4) is 0 Å². The Labute approximate surface area is 195 Å². The van der Waals surface area contributed by atoms with Crippen molar-refractivity contribution in [1.82, 2.24) is 15.5 Å². The first-order valence-electron chi connectivity index (χ1n) is 10.9. The SMILES string of the molecule is C#Cc1ccc(CNC(=O)[C@@H]2C[C@@H](O)CN2C(=O)[C@@H](NC(C)C)C(C)(C)CCO)c(Cl)c1. The summed E-state index contributed by atoms with van der Waals surface area (Å²) in [6.45, 7) is 7.90. The largest absolute Gasteiger partial charge is 0.396 e. The third-order valence-electron chi connectivity index (χ3n) is 5.82. The van der Waals surface area contributed by atoms with Crippen molar-refractivity contribution in [3.05, 3.63) is 34.3 Å². The number of rotatable bonds is 9. The van der Waals surface area contributed by atoms with Crippen LogP contribution in [0.4, 0.5) is 0 Å². The molecule has 4 N–H and O–H groups in total. The predicted molar refractivity (Wildman–Crippen MR) is 125 cm³/mol. The van der Waals surface area contributed by atoms with Crippen molar-refractivity contribution in [1.29, 1.82) is 0 Å². The van der Waals surface area contributed by atoms with Crippen molar-refractivity contribution in [3.63, 3.8) is 0 Å². The molecule has 32 heavy (non-hydrogen) atoms. The molecule has 0 radical (unpaired) electrons. The number of nitrogens with zero attached hydrogens (tertiary/aromatic N) is 1. The fourth-order valence-electron chi connectivity index (χ4n) is 3.95. The Morgan fingerprint density at radius 2 is 2.06 bits per heavy atom. The zero-order valence-corrected chi connectivity index (χ0v) is 19.9. The number of aliphatic hydroxyl groups is 2. The second kappa shape index (κ2) is 11.2. The molecule has 1 aromatic carbocycles. The molecule has 1 aliphatic rings. The van der Waals surface area contributed by atoms with Gasteiger partial charge in [-0.05, 0) is 29.5 Å². The maximum Gasteiger partial charge on any atom is 0.243 e. The number of β-amino-alcohol motifs (C(OH)–C–C–N with tert-alkyl or cyclic N) is 1. The van der Waals surface area contributed by atoms with E-state index in [0.717, 1.165) is 0 Å². The molecular weight excluding hydrogens is 430 g/mol. The summed E-state index contributed by atoms with van der Waals surface area (Å²) in [5, 5.41) is 26.3. The van der Waals surface area contributed by atoms with Gasteiger partial charge in [-0.15, -0.1) is 6.42 Å². The van der Waals surface area contributed by atoms with Crippen LogP contribution in [0.5, 0.6) is 0 Å². The fraction of sp³-hybridized carbons (Fsp3) is 0.583. The van der Waals surface area contributed by atoms with Crippen molar-refractivity contribution in [2.24, 2.45) is 5.41 Å². The van der Waals surface area contributed by atoms with Crippen LogP contribution in [-0.2, 0) is 16.1 Å². The fourth-order valence-corrected chi connectivity index (χ4v) is 4.20. The minimum Gasteiger partial charge on any atom is -0.396 e. The van der Waals surface area contributed by atoms with E-state index in [4.69, 9.17) is 18.0 Å². The number of nitrogens with one attached hydrogen (secondary N) is 2. The standard InChI is InChI=1S/C24H34ClN3O4/c1-6-16-7-8-17(19(25)11-16)13-26-22(31)20-12-18(30)14-28(20)23(32)21(27-15(2)3)24(4,5)9-10-29/h1,7-8,11,15,18,20-21,27,29-30H,9-10,12-14H2,2-5H3,(H,26,31)/t18-,20+,21-/m1/s1. The highest BCUT2D eigenvalue weighted by atomic mass is 35.5. The van der Waals surface area contributed by atoms with Crippen molar-refractivity contribution in [2.45, 2.75) is 71.3 Å². The smallest absolute Gasteiger partial charge is 0.243 e. The van der Waals surface area contributed by atoms with Gasteiger partial charge in [-0.3, -0.25) is 9.59 Å². The lowest BCUT2D eigenvalue weighted by molar-refractivity contribution is -0.143. The van der Waals surface area contributed by atoms with Crippen LogP contribution < -0.4 is 10.6 Å². The summed E-state index contributed by atoms with van der Waals surface area (Å²) in [7, 11) is 0. The van der Waals surface area contributed by atoms with Crippen LogP contribution in [0.25, 0.3) is 0 Å². The van der Waals surface area contributed by atoms with Crippen LogP contribution in [0.15, 0.2) is 18.2 Å². The number of carbonyl (C=O) groups is 2. The average Bonchev–Trinajstić information content (AvgIpc) is 3.11. The van der Waals surface area contributed by atoms with E-state index in [1.807, 2.05) is 27.7 Å². The number of aliphatic hydroxyl groups excluding tert-OH is 2. The molecule has 0 aromatic heterocycles. The van der Waals surface area contributed by atoms with Gasteiger partial charge >= 0.3 is 0 Å². The van der Waals surface area contributed by atoms with Gasteiger partial charge in [0.1, 0.15) is 6.04 Å². The number of likely N-dealkylation sites (tertiary alicyclic amines) is 1. The summed E-state index contributed by atoms with van der Waals surface area (Å²) in [6.07, 6.45) is 5.17. The van der Waals surface area contributed by atoms with Crippen molar-refractivity contribution in [2.75, 3.05) is 13.2 Å². The predicted octanol–water partition coefficient (Wildman–Crippen LogP) is 1.67. The Morgan fingerprint density at radius 3 is 2.62 bits per heavy atom. The van der Waals surface area contributed by atoms with Gasteiger partial charge in [0.05, 0.1) is 12.1 Å². The molecule has 3 atom stereocenters. The highest BCUT2D eigenvalue weighted by Crippen LogP contribution is 2.30. The number of amides is 2. The second-order valence-electron chi connectivity index (χ2n) is 9.28. The number of hydrogen-bond donors (Lipinski definition) is 4. The molecule has 1 fully saturated rings. The Kier molecular flexibility index (Phi) is 9.11. The third kappa shape index (κ3) is 6.46. The number of hydrogen-bond acceptors (Lipinski definition) is 5. The molecule has 0 bridgehead atoms. The first-order valence-corrected chi connectivity index (χ1v) is 11.3. The summed E-state index contributed by atoms with van der Waals surface area (Å²) in [4.78, 5) is 27.9. The van der Waals surface area contributed by atoms with Gasteiger partial charge in [0.2, 0.25) is 11.8 Å². The number of carbonyl (C=O) groups excluding carboxylic acids is 2. The molecule has 0 spiro atoms. The number of halogens is 1. The van der Waals surface area contributed by atoms with E-state index in [9.17, 15) is 19.8 Å². The molecule has 176 valence electrons. The molecule has 1 aliphatic heterocycles. The molecular formula is C24H34ClN3O4. The molecule has 1 saturated heterocycles. The van der Waals surface area contributed by atoms with Crippen LogP contribution in [0.2, 0.25) is 5.02 Å². The van der Waals surface area contributed by atoms with E-state index in [2.05, 4.69) is 16.6 Å². The maximum atomic E-state index is 13.5. The summed E-state index contributed by atoms with van der Waals surface area (Å²) in [6, 6.07) is 3.78. The normalized spacial score (nSPS) is 19.7. The van der Waals surface area contributed by atoms with Gasteiger partial charge in [-0.1, -0.05) is 51.3 Å². The molecule has 2 rings (SSSR count). The van der Waals surface area contributed by atoms with E-state index in [1.54, 1.807) is 18.2 Å². The molecule has 2 amide bonds. The minimum absolute atomic E-state index is 0.0230. The van der Waals surface area contributed by atoms with Gasteiger partial charge in [-0.2, -0.15) is 0 Å². The lowest BCUT2D eigenvalue weighted by Gasteiger charge is -2.38. The Morgan fingerprint density at radius 1 is 1.38 bits per heavy atom. The van der Waals surface area contributed by atoms with E-state index in [0.29, 0.717) is 22.6 Å². The zero-order valence-electron chi connectivity index (χ0n) is 19.2. The van der Waals surface area contributed by atoms with Gasteiger partial charge in [0.15, 0.2) is 0 Å². The number of benzene rings is 1. The van der Waals surface area contributed by atoms with Crippen molar-refractivity contribution >= 4 is 23.4 Å². The second-order valence-corrected chi connectivity index (χ2v) is 9.69. The van der Waals surface area contributed by atoms with E-state index >= 15 is 0 Å². The summed E-state index contributed by atoms with van der Waals surface area (Å²) >= 11 is 6.24. The van der Waals surface area contributed by atoms with Crippen LogP contribution >= 0.6 is 11.6 Å². The third-order valence-corrected chi connectivity index (χ3v) is 6.17. The molecule has 1 heterocycles. The van der Waals surface area contributed by atoms with Crippen LogP contribution in [0, 0.1) is 17.8 Å². The highest BCUT2D eigenvalue weighted by molar-refractivity contribution is 6.31. The van der Waals surface area contributed by atoms with E-state index < -0.39 is 23.6 Å². The lowest BCUT2D eigenvalue weighted by atomic mass is 9.80. The monoisotopic (exact) mass is 463 g/mol. The molecule has 1 aromatic rings. The maximum absolute atomic E-state index is 13.5. The van der Waals surface area contributed by atoms with Gasteiger partial charge in [0, 0.05) is 42.7 Å². The molecule has 0 unspecified atom stereocenters. The molecule has 0 aliphatic carbocycles. The zero-order chi connectivity index (χ0) is 24.1.